The summed E-state index contributed by atoms with van der Waals surface area (Å²) >= 11 is 0. The molecule has 24 heavy (non-hydrogen) atoms. The van der Waals surface area contributed by atoms with E-state index in [1.165, 1.54) is 0 Å². The average Bonchev–Trinajstić information content (AvgIpc) is 2.60. The number of benzene rings is 2. The Morgan fingerprint density at radius 1 is 1.17 bits per heavy atom. The van der Waals surface area contributed by atoms with Crippen molar-refractivity contribution < 1.29 is 9.53 Å². The number of amides is 1. The third-order valence-electron chi connectivity index (χ3n) is 4.73. The van der Waals surface area contributed by atoms with Gasteiger partial charge in [-0.25, -0.2) is 0 Å². The molecule has 1 amide bonds. The highest BCUT2D eigenvalue weighted by molar-refractivity contribution is 5.88. The van der Waals surface area contributed by atoms with Crippen LogP contribution >= 0.6 is 0 Å². The zero-order chi connectivity index (χ0) is 16.9. The molecule has 0 radical (unpaired) electrons. The lowest BCUT2D eigenvalue weighted by molar-refractivity contribution is -0.124. The van der Waals surface area contributed by atoms with Crippen LogP contribution in [0, 0.1) is 0 Å². The van der Waals surface area contributed by atoms with Crippen LogP contribution in [0.25, 0.3) is 10.8 Å². The number of piperidine rings is 1. The summed E-state index contributed by atoms with van der Waals surface area (Å²) in [6.07, 6.45) is 2.02. The third-order valence-corrected chi connectivity index (χ3v) is 4.73. The van der Waals surface area contributed by atoms with E-state index in [4.69, 9.17) is 4.74 Å². The van der Waals surface area contributed by atoms with E-state index < -0.39 is 0 Å². The molecule has 4 nitrogen and oxygen atoms in total. The van der Waals surface area contributed by atoms with Gasteiger partial charge in [0.25, 0.3) is 5.91 Å². The van der Waals surface area contributed by atoms with Gasteiger partial charge in [0.1, 0.15) is 5.75 Å². The van der Waals surface area contributed by atoms with Crippen LogP contribution in [-0.2, 0) is 4.79 Å². The predicted molar refractivity (Wildman–Crippen MR) is 97.3 cm³/mol. The number of carbonyl (C=O) groups excluding carboxylic acids is 1. The zero-order valence-electron chi connectivity index (χ0n) is 14.5. The minimum absolute atomic E-state index is 0.0362. The summed E-state index contributed by atoms with van der Waals surface area (Å²) < 4.78 is 5.76. The van der Waals surface area contributed by atoms with Crippen molar-refractivity contribution in [3.8, 4) is 5.75 Å². The Bertz CT molecular complexity index is 686. The summed E-state index contributed by atoms with van der Waals surface area (Å²) in [5.74, 6) is 0.726. The van der Waals surface area contributed by atoms with Crippen molar-refractivity contribution in [1.29, 1.82) is 0 Å². The second-order valence-electron chi connectivity index (χ2n) is 6.74. The van der Waals surface area contributed by atoms with E-state index in [-0.39, 0.29) is 18.6 Å². The second-order valence-corrected chi connectivity index (χ2v) is 6.74. The van der Waals surface area contributed by atoms with Crippen molar-refractivity contribution in [3.05, 3.63) is 42.5 Å². The van der Waals surface area contributed by atoms with Crippen molar-refractivity contribution in [2.24, 2.45) is 0 Å². The van der Waals surface area contributed by atoms with Crippen LogP contribution in [0.3, 0.4) is 0 Å². The van der Waals surface area contributed by atoms with Crippen LogP contribution in [0.1, 0.15) is 26.7 Å². The zero-order valence-corrected chi connectivity index (χ0v) is 14.5. The third kappa shape index (κ3) is 4.06. The number of likely N-dealkylation sites (tertiary alicyclic amines) is 1. The summed E-state index contributed by atoms with van der Waals surface area (Å²) in [5, 5.41) is 5.27. The van der Waals surface area contributed by atoms with Gasteiger partial charge in [0.15, 0.2) is 6.61 Å². The minimum atomic E-state index is -0.0362. The van der Waals surface area contributed by atoms with E-state index in [1.54, 1.807) is 0 Å². The fourth-order valence-corrected chi connectivity index (χ4v) is 3.29. The van der Waals surface area contributed by atoms with E-state index >= 15 is 0 Å². The lowest BCUT2D eigenvalue weighted by Gasteiger charge is -2.34. The smallest absolute Gasteiger partial charge is 0.258 e. The molecule has 0 aromatic heterocycles. The molecule has 2 aromatic rings. The molecule has 0 aliphatic carbocycles. The minimum Gasteiger partial charge on any atom is -0.483 e. The topological polar surface area (TPSA) is 41.6 Å². The number of fused-ring (bicyclic) bond motifs is 1. The molecule has 3 rings (SSSR count). The van der Waals surface area contributed by atoms with E-state index in [9.17, 15) is 4.79 Å². The van der Waals surface area contributed by atoms with E-state index in [2.05, 4.69) is 24.1 Å². The van der Waals surface area contributed by atoms with Gasteiger partial charge in [-0.05, 0) is 38.1 Å². The molecule has 0 bridgehead atoms. The summed E-state index contributed by atoms with van der Waals surface area (Å²) in [5.41, 5.74) is 0. The van der Waals surface area contributed by atoms with Gasteiger partial charge in [-0.15, -0.1) is 0 Å². The molecule has 128 valence electrons. The Balaban J connectivity index is 1.51. The lowest BCUT2D eigenvalue weighted by Crippen LogP contribution is -2.47. The molecular formula is C20H26N2O2. The van der Waals surface area contributed by atoms with Crippen molar-refractivity contribution in [3.63, 3.8) is 0 Å². The number of rotatable bonds is 5. The highest BCUT2D eigenvalue weighted by atomic mass is 16.5. The van der Waals surface area contributed by atoms with Crippen molar-refractivity contribution >= 4 is 16.7 Å². The van der Waals surface area contributed by atoms with Gasteiger partial charge in [-0.2, -0.15) is 0 Å². The van der Waals surface area contributed by atoms with E-state index in [1.807, 2.05) is 42.5 Å². The molecule has 0 atom stereocenters. The van der Waals surface area contributed by atoms with Crippen LogP contribution in [0.15, 0.2) is 42.5 Å². The first kappa shape index (κ1) is 16.8. The van der Waals surface area contributed by atoms with Crippen LogP contribution in [0.4, 0.5) is 0 Å². The monoisotopic (exact) mass is 326 g/mol. The van der Waals surface area contributed by atoms with E-state index in [0.717, 1.165) is 42.5 Å². The first-order chi connectivity index (χ1) is 11.6. The summed E-state index contributed by atoms with van der Waals surface area (Å²) in [6.45, 7) is 6.60. The van der Waals surface area contributed by atoms with Gasteiger partial charge in [0.2, 0.25) is 0 Å². The number of hydrogen-bond acceptors (Lipinski definition) is 3. The van der Waals surface area contributed by atoms with Crippen molar-refractivity contribution in [1.82, 2.24) is 10.2 Å². The molecule has 0 saturated carbocycles. The Hall–Kier alpha value is -2.07. The molecule has 2 aromatic carbocycles. The van der Waals surface area contributed by atoms with Gasteiger partial charge < -0.3 is 15.0 Å². The predicted octanol–water partition coefficient (Wildman–Crippen LogP) is 3.21. The molecule has 0 unspecified atom stereocenters. The van der Waals surface area contributed by atoms with Crippen LogP contribution < -0.4 is 10.1 Å². The molecule has 1 fully saturated rings. The normalized spacial score (nSPS) is 16.5. The number of carbonyl (C=O) groups is 1. The Kier molecular flexibility index (Phi) is 5.36. The number of hydrogen-bond donors (Lipinski definition) is 1. The van der Waals surface area contributed by atoms with Gasteiger partial charge in [-0.3, -0.25) is 4.79 Å². The lowest BCUT2D eigenvalue weighted by atomic mass is 10.0. The van der Waals surface area contributed by atoms with Gasteiger partial charge in [0.05, 0.1) is 0 Å². The molecular weight excluding hydrogens is 300 g/mol. The molecule has 1 aliphatic heterocycles. The van der Waals surface area contributed by atoms with Crippen LogP contribution in [-0.4, -0.2) is 42.6 Å². The molecule has 1 saturated heterocycles. The fourth-order valence-electron chi connectivity index (χ4n) is 3.29. The molecule has 4 heteroatoms. The maximum Gasteiger partial charge on any atom is 0.258 e. The summed E-state index contributed by atoms with van der Waals surface area (Å²) in [7, 11) is 0. The molecule has 1 aliphatic rings. The van der Waals surface area contributed by atoms with Crippen molar-refractivity contribution in [2.75, 3.05) is 19.7 Å². The highest BCUT2D eigenvalue weighted by Crippen LogP contribution is 2.25. The first-order valence-corrected chi connectivity index (χ1v) is 8.77. The summed E-state index contributed by atoms with van der Waals surface area (Å²) in [4.78, 5) is 14.6. The highest BCUT2D eigenvalue weighted by Gasteiger charge is 2.22. The largest absolute Gasteiger partial charge is 0.483 e. The first-order valence-electron chi connectivity index (χ1n) is 8.77. The van der Waals surface area contributed by atoms with Gasteiger partial charge in [0, 0.05) is 30.6 Å². The quantitative estimate of drug-likeness (QED) is 0.917. The second kappa shape index (κ2) is 7.67. The Morgan fingerprint density at radius 3 is 2.62 bits per heavy atom. The standard InChI is InChI=1S/C20H26N2O2/c1-15(2)22-12-10-17(11-13-22)21-20(23)14-24-19-9-5-7-16-6-3-4-8-18(16)19/h3-9,15,17H,10-14H2,1-2H3,(H,21,23). The van der Waals surface area contributed by atoms with Gasteiger partial charge in [-0.1, -0.05) is 36.4 Å². The SMILES string of the molecule is CC(C)N1CCC(NC(=O)COc2cccc3ccccc23)CC1. The van der Waals surface area contributed by atoms with Crippen molar-refractivity contribution in [2.45, 2.75) is 38.8 Å². The maximum absolute atomic E-state index is 12.2. The molecule has 1 N–H and O–H groups in total. The maximum atomic E-state index is 12.2. The summed E-state index contributed by atoms with van der Waals surface area (Å²) in [6, 6.07) is 14.8. The Morgan fingerprint density at radius 2 is 1.88 bits per heavy atom. The molecule has 0 spiro atoms. The van der Waals surface area contributed by atoms with Gasteiger partial charge >= 0.3 is 0 Å². The Labute approximate surface area is 143 Å². The number of nitrogens with one attached hydrogen (secondary N) is 1. The number of ether oxygens (including phenoxy) is 1. The average molecular weight is 326 g/mol. The van der Waals surface area contributed by atoms with Crippen LogP contribution in [0.5, 0.6) is 5.75 Å². The fraction of sp³-hybridized carbons (Fsp3) is 0.450. The molecule has 1 heterocycles. The van der Waals surface area contributed by atoms with Crippen LogP contribution in [0.2, 0.25) is 0 Å². The van der Waals surface area contributed by atoms with E-state index in [0.29, 0.717) is 6.04 Å². The number of nitrogens with zero attached hydrogens (tertiary/aromatic N) is 1.